The first-order valence-corrected chi connectivity index (χ1v) is 6.44. The summed E-state index contributed by atoms with van der Waals surface area (Å²) >= 11 is 0. The molecule has 0 saturated carbocycles. The maximum atomic E-state index is 10.6. The summed E-state index contributed by atoms with van der Waals surface area (Å²) in [5, 5.41) is 1.25. The molecule has 3 nitrogen and oxygen atoms in total. The molecule has 0 amide bonds. The third-order valence-corrected chi connectivity index (χ3v) is 3.78. The molecule has 0 spiro atoms. The minimum Gasteiger partial charge on any atom is -0.376 e. The standard InChI is InChI=1S/C15H17NO2/c1-10(4-6-17)11-2-3-14-12(8-11)13-9-18-7-5-15(13)16-14/h2-3,6,8,10,16H,4-5,7,9H2,1H3. The Bertz CT molecular complexity index is 585. The molecule has 0 saturated heterocycles. The van der Waals surface area contributed by atoms with E-state index in [2.05, 4.69) is 30.1 Å². The maximum Gasteiger partial charge on any atom is 0.120 e. The van der Waals surface area contributed by atoms with E-state index in [4.69, 9.17) is 4.74 Å². The van der Waals surface area contributed by atoms with Crippen molar-refractivity contribution in [3.05, 3.63) is 35.0 Å². The van der Waals surface area contributed by atoms with Crippen molar-refractivity contribution in [3.63, 3.8) is 0 Å². The zero-order valence-electron chi connectivity index (χ0n) is 10.5. The van der Waals surface area contributed by atoms with Gasteiger partial charge < -0.3 is 14.5 Å². The van der Waals surface area contributed by atoms with Crippen LogP contribution in [0.25, 0.3) is 10.9 Å². The monoisotopic (exact) mass is 243 g/mol. The number of aldehydes is 1. The first kappa shape index (κ1) is 11.5. The highest BCUT2D eigenvalue weighted by molar-refractivity contribution is 5.85. The lowest BCUT2D eigenvalue weighted by Gasteiger charge is -2.12. The van der Waals surface area contributed by atoms with Gasteiger partial charge in [-0.3, -0.25) is 0 Å². The molecule has 2 heterocycles. The van der Waals surface area contributed by atoms with Crippen LogP contribution < -0.4 is 0 Å². The van der Waals surface area contributed by atoms with E-state index in [0.29, 0.717) is 13.0 Å². The zero-order valence-corrected chi connectivity index (χ0v) is 10.5. The second-order valence-electron chi connectivity index (χ2n) is 4.99. The number of hydrogen-bond acceptors (Lipinski definition) is 2. The van der Waals surface area contributed by atoms with Gasteiger partial charge in [-0.1, -0.05) is 13.0 Å². The zero-order chi connectivity index (χ0) is 12.5. The van der Waals surface area contributed by atoms with Gasteiger partial charge in [0.05, 0.1) is 13.2 Å². The minimum absolute atomic E-state index is 0.280. The van der Waals surface area contributed by atoms with Crippen molar-refractivity contribution in [2.75, 3.05) is 6.61 Å². The normalized spacial score (nSPS) is 16.5. The summed E-state index contributed by atoms with van der Waals surface area (Å²) in [5.74, 6) is 0.280. The topological polar surface area (TPSA) is 42.1 Å². The number of carbonyl (C=O) groups excluding carboxylic acids is 1. The molecule has 0 fully saturated rings. The maximum absolute atomic E-state index is 10.6. The van der Waals surface area contributed by atoms with Gasteiger partial charge in [0.15, 0.2) is 0 Å². The summed E-state index contributed by atoms with van der Waals surface area (Å²) in [5.41, 5.74) is 4.99. The number of H-pyrrole nitrogens is 1. The Hall–Kier alpha value is -1.61. The highest BCUT2D eigenvalue weighted by Crippen LogP contribution is 2.29. The van der Waals surface area contributed by atoms with Crippen molar-refractivity contribution in [2.24, 2.45) is 0 Å². The highest BCUT2D eigenvalue weighted by atomic mass is 16.5. The Labute approximate surface area is 106 Å². The lowest BCUT2D eigenvalue weighted by atomic mass is 9.96. The van der Waals surface area contributed by atoms with E-state index in [0.717, 1.165) is 19.3 Å². The molecule has 1 aliphatic rings. The molecule has 0 radical (unpaired) electrons. The highest BCUT2D eigenvalue weighted by Gasteiger charge is 2.16. The van der Waals surface area contributed by atoms with E-state index in [1.807, 2.05) is 0 Å². The third kappa shape index (κ3) is 1.85. The van der Waals surface area contributed by atoms with E-state index >= 15 is 0 Å². The van der Waals surface area contributed by atoms with Crippen LogP contribution in [0.2, 0.25) is 0 Å². The number of aromatic amines is 1. The summed E-state index contributed by atoms with van der Waals surface area (Å²) in [4.78, 5) is 14.1. The third-order valence-electron chi connectivity index (χ3n) is 3.78. The fourth-order valence-electron chi connectivity index (χ4n) is 2.63. The van der Waals surface area contributed by atoms with Gasteiger partial charge in [-0.25, -0.2) is 0 Å². The molecule has 3 heteroatoms. The molecule has 1 unspecified atom stereocenters. The van der Waals surface area contributed by atoms with Gasteiger partial charge in [0.25, 0.3) is 0 Å². The summed E-state index contributed by atoms with van der Waals surface area (Å²) in [7, 11) is 0. The number of rotatable bonds is 3. The van der Waals surface area contributed by atoms with Crippen molar-refractivity contribution in [1.82, 2.24) is 4.98 Å². The number of carbonyl (C=O) groups is 1. The second kappa shape index (κ2) is 4.58. The molecular formula is C15H17NO2. The van der Waals surface area contributed by atoms with Crippen LogP contribution in [0.4, 0.5) is 0 Å². The van der Waals surface area contributed by atoms with Crippen LogP contribution in [0.3, 0.4) is 0 Å². The van der Waals surface area contributed by atoms with Crippen LogP contribution >= 0.6 is 0 Å². The molecular weight excluding hydrogens is 226 g/mol. The Kier molecular flexibility index (Phi) is 2.92. The molecule has 3 rings (SSSR count). The Morgan fingerprint density at radius 2 is 2.39 bits per heavy atom. The molecule has 1 aromatic carbocycles. The fourth-order valence-corrected chi connectivity index (χ4v) is 2.63. The van der Waals surface area contributed by atoms with E-state index < -0.39 is 0 Å². The summed E-state index contributed by atoms with van der Waals surface area (Å²) in [6, 6.07) is 6.43. The van der Waals surface area contributed by atoms with E-state index in [9.17, 15) is 4.79 Å². The SMILES string of the molecule is CC(CC=O)c1ccc2[nH]c3c(c2c1)COCC3. The smallest absolute Gasteiger partial charge is 0.120 e. The van der Waals surface area contributed by atoms with Crippen molar-refractivity contribution >= 4 is 17.2 Å². The van der Waals surface area contributed by atoms with Crippen molar-refractivity contribution in [2.45, 2.75) is 32.3 Å². The molecule has 94 valence electrons. The Balaban J connectivity index is 2.07. The summed E-state index contributed by atoms with van der Waals surface area (Å²) in [6.45, 7) is 3.58. The predicted molar refractivity (Wildman–Crippen MR) is 70.8 cm³/mol. The summed E-state index contributed by atoms with van der Waals surface area (Å²) in [6.07, 6.45) is 2.53. The number of ether oxygens (including phenoxy) is 1. The minimum atomic E-state index is 0.280. The van der Waals surface area contributed by atoms with Crippen molar-refractivity contribution in [3.8, 4) is 0 Å². The van der Waals surface area contributed by atoms with Crippen molar-refractivity contribution in [1.29, 1.82) is 0 Å². The van der Waals surface area contributed by atoms with Gasteiger partial charge in [0, 0.05) is 35.0 Å². The van der Waals surface area contributed by atoms with Crippen LogP contribution in [0.15, 0.2) is 18.2 Å². The predicted octanol–water partition coefficient (Wildman–Crippen LogP) is 2.93. The quantitative estimate of drug-likeness (QED) is 0.842. The first-order valence-electron chi connectivity index (χ1n) is 6.44. The molecule has 1 atom stereocenters. The second-order valence-corrected chi connectivity index (χ2v) is 4.99. The van der Waals surface area contributed by atoms with Gasteiger partial charge in [-0.05, 0) is 23.6 Å². The van der Waals surface area contributed by atoms with E-state index in [1.54, 1.807) is 0 Å². The van der Waals surface area contributed by atoms with Crippen LogP contribution in [0.1, 0.15) is 36.1 Å². The number of benzene rings is 1. The van der Waals surface area contributed by atoms with Crippen LogP contribution in [-0.2, 0) is 22.6 Å². The number of aromatic nitrogens is 1. The molecule has 1 N–H and O–H groups in total. The molecule has 0 bridgehead atoms. The van der Waals surface area contributed by atoms with Gasteiger partial charge in [-0.2, -0.15) is 0 Å². The van der Waals surface area contributed by atoms with Gasteiger partial charge in [-0.15, -0.1) is 0 Å². The van der Waals surface area contributed by atoms with Gasteiger partial charge >= 0.3 is 0 Å². The van der Waals surface area contributed by atoms with Gasteiger partial charge in [0.2, 0.25) is 0 Å². The molecule has 1 aromatic heterocycles. The number of fused-ring (bicyclic) bond motifs is 3. The van der Waals surface area contributed by atoms with Crippen LogP contribution in [0.5, 0.6) is 0 Å². The number of nitrogens with one attached hydrogen (secondary N) is 1. The van der Waals surface area contributed by atoms with E-state index in [1.165, 1.54) is 27.7 Å². The molecule has 0 aliphatic carbocycles. The average Bonchev–Trinajstić information content (AvgIpc) is 2.76. The van der Waals surface area contributed by atoms with Crippen molar-refractivity contribution < 1.29 is 9.53 Å². The van der Waals surface area contributed by atoms with Gasteiger partial charge in [0.1, 0.15) is 6.29 Å². The summed E-state index contributed by atoms with van der Waals surface area (Å²) < 4.78 is 5.53. The van der Waals surface area contributed by atoms with Crippen LogP contribution in [-0.4, -0.2) is 17.9 Å². The number of hydrogen-bond donors (Lipinski definition) is 1. The fraction of sp³-hybridized carbons (Fsp3) is 0.400. The van der Waals surface area contributed by atoms with Crippen LogP contribution in [0, 0.1) is 0 Å². The molecule has 2 aromatic rings. The lowest BCUT2D eigenvalue weighted by molar-refractivity contribution is -0.108. The largest absolute Gasteiger partial charge is 0.376 e. The molecule has 18 heavy (non-hydrogen) atoms. The Morgan fingerprint density at radius 3 is 3.22 bits per heavy atom. The average molecular weight is 243 g/mol. The van der Waals surface area contributed by atoms with E-state index in [-0.39, 0.29) is 5.92 Å². The molecule has 1 aliphatic heterocycles. The lowest BCUT2D eigenvalue weighted by Crippen LogP contribution is -2.08. The first-order chi connectivity index (χ1) is 8.79. The Morgan fingerprint density at radius 1 is 1.50 bits per heavy atom.